The van der Waals surface area contributed by atoms with E-state index < -0.39 is 0 Å². The molecule has 0 fully saturated rings. The summed E-state index contributed by atoms with van der Waals surface area (Å²) in [6, 6.07) is 10.6. The fraction of sp³-hybridized carbons (Fsp3) is 0.200. The molecule has 2 rings (SSSR count). The van der Waals surface area contributed by atoms with Gasteiger partial charge in [-0.1, -0.05) is 54.6 Å². The van der Waals surface area contributed by atoms with Crippen LogP contribution in [0.2, 0.25) is 0 Å². The molecule has 15 heavy (non-hydrogen) atoms. The standard InChI is InChI=1S/C15H16/c1-2-15(13-9-5-3-6-10-13)14-11-7-4-8-12-14/h2-7,9-11H,8,12H2,1H3/b15-2-. The van der Waals surface area contributed by atoms with E-state index in [4.69, 9.17) is 0 Å². The number of allylic oxidation sites excluding steroid dienone is 6. The summed E-state index contributed by atoms with van der Waals surface area (Å²) in [5.74, 6) is 0. The highest BCUT2D eigenvalue weighted by Gasteiger charge is 2.07. The van der Waals surface area contributed by atoms with Gasteiger partial charge in [-0.25, -0.2) is 0 Å². The van der Waals surface area contributed by atoms with Crippen LogP contribution < -0.4 is 0 Å². The van der Waals surface area contributed by atoms with Gasteiger partial charge in [-0.2, -0.15) is 0 Å². The Morgan fingerprint density at radius 1 is 1.20 bits per heavy atom. The van der Waals surface area contributed by atoms with Crippen molar-refractivity contribution in [3.8, 4) is 0 Å². The van der Waals surface area contributed by atoms with E-state index >= 15 is 0 Å². The lowest BCUT2D eigenvalue weighted by molar-refractivity contribution is 0.995. The van der Waals surface area contributed by atoms with Crippen LogP contribution in [0.1, 0.15) is 25.3 Å². The van der Waals surface area contributed by atoms with E-state index in [0.717, 1.165) is 12.8 Å². The van der Waals surface area contributed by atoms with Gasteiger partial charge < -0.3 is 0 Å². The maximum Gasteiger partial charge on any atom is -0.0185 e. The molecular formula is C15H16. The van der Waals surface area contributed by atoms with E-state index in [0.29, 0.717) is 0 Å². The largest absolute Gasteiger partial charge is 0.0842 e. The van der Waals surface area contributed by atoms with Gasteiger partial charge in [-0.05, 0) is 36.5 Å². The van der Waals surface area contributed by atoms with E-state index in [9.17, 15) is 0 Å². The maximum absolute atomic E-state index is 2.23. The molecule has 76 valence electrons. The van der Waals surface area contributed by atoms with E-state index in [1.54, 1.807) is 0 Å². The zero-order valence-corrected chi connectivity index (χ0v) is 9.11. The first-order valence-corrected chi connectivity index (χ1v) is 5.49. The van der Waals surface area contributed by atoms with Crippen LogP contribution in [0.5, 0.6) is 0 Å². The molecule has 0 nitrogen and oxygen atoms in total. The maximum atomic E-state index is 2.23. The Hall–Kier alpha value is -1.56. The molecule has 1 aromatic rings. The first kappa shape index (κ1) is 9.97. The molecule has 0 spiro atoms. The minimum Gasteiger partial charge on any atom is -0.0842 e. The number of hydrogen-bond acceptors (Lipinski definition) is 0. The molecule has 0 aliphatic heterocycles. The van der Waals surface area contributed by atoms with Gasteiger partial charge in [0.25, 0.3) is 0 Å². The quantitative estimate of drug-likeness (QED) is 0.659. The summed E-state index contributed by atoms with van der Waals surface area (Å²) in [5, 5.41) is 0. The van der Waals surface area contributed by atoms with Crippen molar-refractivity contribution in [1.82, 2.24) is 0 Å². The zero-order valence-electron chi connectivity index (χ0n) is 9.11. The third-order valence-corrected chi connectivity index (χ3v) is 2.73. The second-order valence-corrected chi connectivity index (χ2v) is 3.73. The van der Waals surface area contributed by atoms with Gasteiger partial charge in [0.2, 0.25) is 0 Å². The van der Waals surface area contributed by atoms with Crippen LogP contribution in [0.3, 0.4) is 0 Å². The van der Waals surface area contributed by atoms with Crippen molar-refractivity contribution in [1.29, 1.82) is 0 Å². The van der Waals surface area contributed by atoms with Gasteiger partial charge in [0.1, 0.15) is 0 Å². The van der Waals surface area contributed by atoms with Crippen LogP contribution in [0.15, 0.2) is 60.2 Å². The van der Waals surface area contributed by atoms with Crippen molar-refractivity contribution in [2.24, 2.45) is 0 Å². The molecular weight excluding hydrogens is 180 g/mol. The van der Waals surface area contributed by atoms with Gasteiger partial charge in [0.15, 0.2) is 0 Å². The molecule has 0 bridgehead atoms. The summed E-state index contributed by atoms with van der Waals surface area (Å²) in [5.41, 5.74) is 4.15. The van der Waals surface area contributed by atoms with Gasteiger partial charge in [0.05, 0.1) is 0 Å². The highest BCUT2D eigenvalue weighted by Crippen LogP contribution is 2.28. The molecule has 0 saturated heterocycles. The van der Waals surface area contributed by atoms with E-state index in [2.05, 4.69) is 61.6 Å². The summed E-state index contributed by atoms with van der Waals surface area (Å²) in [6.07, 6.45) is 11.1. The Morgan fingerprint density at radius 2 is 2.00 bits per heavy atom. The molecule has 1 aliphatic carbocycles. The summed E-state index contributed by atoms with van der Waals surface area (Å²) >= 11 is 0. The van der Waals surface area contributed by atoms with Gasteiger partial charge in [-0.15, -0.1) is 0 Å². The van der Waals surface area contributed by atoms with Crippen molar-refractivity contribution in [2.75, 3.05) is 0 Å². The van der Waals surface area contributed by atoms with Crippen molar-refractivity contribution in [3.63, 3.8) is 0 Å². The van der Waals surface area contributed by atoms with Crippen molar-refractivity contribution in [3.05, 3.63) is 65.8 Å². The Morgan fingerprint density at radius 3 is 2.60 bits per heavy atom. The van der Waals surface area contributed by atoms with Crippen LogP contribution in [0.4, 0.5) is 0 Å². The Labute approximate surface area is 91.6 Å². The van der Waals surface area contributed by atoms with E-state index in [1.165, 1.54) is 16.7 Å². The lowest BCUT2D eigenvalue weighted by Crippen LogP contribution is -1.92. The average molecular weight is 196 g/mol. The molecule has 0 heterocycles. The normalized spacial score (nSPS) is 16.3. The molecule has 0 amide bonds. The smallest absolute Gasteiger partial charge is 0.0185 e. The van der Waals surface area contributed by atoms with Gasteiger partial charge >= 0.3 is 0 Å². The second-order valence-electron chi connectivity index (χ2n) is 3.73. The highest BCUT2D eigenvalue weighted by atomic mass is 14.1. The fourth-order valence-corrected chi connectivity index (χ4v) is 1.98. The number of benzene rings is 1. The third-order valence-electron chi connectivity index (χ3n) is 2.73. The van der Waals surface area contributed by atoms with E-state index in [1.807, 2.05) is 0 Å². The summed E-state index contributed by atoms with van der Waals surface area (Å²) in [4.78, 5) is 0. The predicted molar refractivity (Wildman–Crippen MR) is 66.6 cm³/mol. The predicted octanol–water partition coefficient (Wildman–Crippen LogP) is 4.37. The molecule has 1 aromatic carbocycles. The molecule has 0 saturated carbocycles. The van der Waals surface area contributed by atoms with Crippen LogP contribution >= 0.6 is 0 Å². The minimum absolute atomic E-state index is 1.16. The second kappa shape index (κ2) is 4.79. The average Bonchev–Trinajstić information content (AvgIpc) is 2.33. The molecule has 0 aromatic heterocycles. The molecule has 0 radical (unpaired) electrons. The molecule has 1 aliphatic rings. The Bertz CT molecular complexity index is 405. The van der Waals surface area contributed by atoms with Crippen LogP contribution in [0, 0.1) is 0 Å². The van der Waals surface area contributed by atoms with Gasteiger partial charge in [0, 0.05) is 0 Å². The zero-order chi connectivity index (χ0) is 10.5. The lowest BCUT2D eigenvalue weighted by atomic mass is 9.92. The Balaban J connectivity index is 2.33. The monoisotopic (exact) mass is 196 g/mol. The number of hydrogen-bond donors (Lipinski definition) is 0. The van der Waals surface area contributed by atoms with Crippen molar-refractivity contribution in [2.45, 2.75) is 19.8 Å². The molecule has 0 N–H and O–H groups in total. The number of rotatable bonds is 2. The van der Waals surface area contributed by atoms with E-state index in [-0.39, 0.29) is 0 Å². The van der Waals surface area contributed by atoms with Crippen molar-refractivity contribution < 1.29 is 0 Å². The third kappa shape index (κ3) is 2.27. The lowest BCUT2D eigenvalue weighted by Gasteiger charge is -2.13. The fourth-order valence-electron chi connectivity index (χ4n) is 1.98. The van der Waals surface area contributed by atoms with Crippen LogP contribution in [-0.4, -0.2) is 0 Å². The Kier molecular flexibility index (Phi) is 3.18. The summed E-state index contributed by atoms with van der Waals surface area (Å²) in [7, 11) is 0. The molecule has 0 atom stereocenters. The van der Waals surface area contributed by atoms with Crippen LogP contribution in [0.25, 0.3) is 5.57 Å². The SMILES string of the molecule is C/C=C(\C1=CC=CCC1)c1ccccc1. The topological polar surface area (TPSA) is 0 Å². The first-order valence-electron chi connectivity index (χ1n) is 5.49. The highest BCUT2D eigenvalue weighted by molar-refractivity contribution is 5.79. The van der Waals surface area contributed by atoms with Crippen molar-refractivity contribution >= 4 is 5.57 Å². The molecule has 0 heteroatoms. The van der Waals surface area contributed by atoms with Gasteiger partial charge in [-0.3, -0.25) is 0 Å². The summed E-state index contributed by atoms with van der Waals surface area (Å²) < 4.78 is 0. The summed E-state index contributed by atoms with van der Waals surface area (Å²) in [6.45, 7) is 2.11. The van der Waals surface area contributed by atoms with Crippen LogP contribution in [-0.2, 0) is 0 Å². The molecule has 0 unspecified atom stereocenters. The first-order chi connectivity index (χ1) is 7.42. The minimum atomic E-state index is 1.16.